The summed E-state index contributed by atoms with van der Waals surface area (Å²) >= 11 is 1.51. The van der Waals surface area contributed by atoms with Crippen molar-refractivity contribution in [3.8, 4) is 5.75 Å². The van der Waals surface area contributed by atoms with Crippen LogP contribution in [0.1, 0.15) is 26.4 Å². The summed E-state index contributed by atoms with van der Waals surface area (Å²) in [5.74, 6) is -0.187. The average Bonchev–Trinajstić information content (AvgIpc) is 2.90. The van der Waals surface area contributed by atoms with Crippen molar-refractivity contribution in [3.63, 3.8) is 0 Å². The van der Waals surface area contributed by atoms with Gasteiger partial charge in [-0.3, -0.25) is 0 Å². The van der Waals surface area contributed by atoms with E-state index in [4.69, 9.17) is 4.74 Å². The number of esters is 1. The van der Waals surface area contributed by atoms with Crippen LogP contribution in [0.3, 0.4) is 0 Å². The summed E-state index contributed by atoms with van der Waals surface area (Å²) in [6.07, 6.45) is 2.40. The Hall–Kier alpha value is -2.18. The fraction of sp³-hybridized carbons (Fsp3) is 0.294. The molecule has 0 saturated heterocycles. The molecule has 3 rings (SSSR count). The first-order valence-corrected chi connectivity index (χ1v) is 8.15. The molecule has 1 aromatic carbocycles. The Balaban J connectivity index is 2.01. The lowest BCUT2D eigenvalue weighted by atomic mass is 10.0. The number of rotatable bonds is 3. The van der Waals surface area contributed by atoms with E-state index >= 15 is 0 Å². The third-order valence-electron chi connectivity index (χ3n) is 3.88. The van der Waals surface area contributed by atoms with Crippen LogP contribution in [-0.2, 0) is 17.7 Å². The van der Waals surface area contributed by atoms with Crippen molar-refractivity contribution >= 4 is 28.5 Å². The number of methoxy groups -OCH3 is 1. The lowest BCUT2D eigenvalue weighted by Gasteiger charge is -2.22. The number of fused-ring (bicyclic) bond motifs is 1. The smallest absolute Gasteiger partial charge is 0.341 e. The number of phenolic OH excluding ortho intramolecular Hbond substituents is 1. The Kier molecular flexibility index (Phi) is 4.45. The van der Waals surface area contributed by atoms with Gasteiger partial charge in [0.05, 0.1) is 12.7 Å². The number of aromatic hydroxyl groups is 1. The number of carbonyl (C=O) groups is 1. The van der Waals surface area contributed by atoms with E-state index in [0.29, 0.717) is 16.1 Å². The van der Waals surface area contributed by atoms with Crippen LogP contribution in [0.5, 0.6) is 5.75 Å². The molecule has 0 bridgehead atoms. The van der Waals surface area contributed by atoms with Crippen LogP contribution in [0.15, 0.2) is 29.3 Å². The number of hydrogen-bond acceptors (Lipinski definition) is 6. The third-order valence-corrected chi connectivity index (χ3v) is 5.00. The minimum atomic E-state index is -0.350. The van der Waals surface area contributed by atoms with Crippen LogP contribution in [0.4, 0.5) is 5.00 Å². The fourth-order valence-corrected chi connectivity index (χ4v) is 3.90. The molecule has 0 amide bonds. The number of aliphatic imine (C=N–C) groups is 1. The number of benzene rings is 1. The monoisotopic (exact) mass is 330 g/mol. The number of hydrogen-bond donors (Lipinski definition) is 1. The highest BCUT2D eigenvalue weighted by atomic mass is 32.1. The molecule has 120 valence electrons. The van der Waals surface area contributed by atoms with Crippen molar-refractivity contribution in [3.05, 3.63) is 45.8 Å². The van der Waals surface area contributed by atoms with Gasteiger partial charge in [0.15, 0.2) is 0 Å². The summed E-state index contributed by atoms with van der Waals surface area (Å²) in [6.45, 7) is 1.73. The van der Waals surface area contributed by atoms with E-state index in [1.807, 2.05) is 6.07 Å². The maximum Gasteiger partial charge on any atom is 0.341 e. The summed E-state index contributed by atoms with van der Waals surface area (Å²) in [5.41, 5.74) is 2.23. The number of ether oxygens (including phenoxy) is 1. The molecular weight excluding hydrogens is 312 g/mol. The van der Waals surface area contributed by atoms with Gasteiger partial charge in [-0.05, 0) is 31.2 Å². The van der Waals surface area contributed by atoms with Crippen LogP contribution in [0.2, 0.25) is 0 Å². The molecule has 1 N–H and O–H groups in total. The first-order chi connectivity index (χ1) is 11.1. The van der Waals surface area contributed by atoms with E-state index in [0.717, 1.165) is 30.0 Å². The van der Waals surface area contributed by atoms with Crippen LogP contribution < -0.4 is 0 Å². The predicted octanol–water partition coefficient (Wildman–Crippen LogP) is 2.98. The largest absolute Gasteiger partial charge is 0.507 e. The van der Waals surface area contributed by atoms with E-state index in [1.165, 1.54) is 18.4 Å². The topological polar surface area (TPSA) is 62.1 Å². The SMILES string of the molecule is COC(=O)c1c(/N=C/c2ccccc2O)sc2c1CCN(C)C2. The second-order valence-corrected chi connectivity index (χ2v) is 6.56. The molecule has 2 aromatic rings. The minimum Gasteiger partial charge on any atom is -0.507 e. The zero-order chi connectivity index (χ0) is 16.4. The van der Waals surface area contributed by atoms with Crippen molar-refractivity contribution in [1.82, 2.24) is 4.90 Å². The van der Waals surface area contributed by atoms with Crippen molar-refractivity contribution in [2.75, 3.05) is 20.7 Å². The molecular formula is C17H18N2O3S. The second kappa shape index (κ2) is 6.52. The first kappa shape index (κ1) is 15.7. The Morgan fingerprint density at radius 3 is 2.96 bits per heavy atom. The third kappa shape index (κ3) is 3.13. The molecule has 6 heteroatoms. The molecule has 1 aromatic heterocycles. The number of thiophene rings is 1. The number of phenols is 1. The molecule has 0 spiro atoms. The van der Waals surface area contributed by atoms with E-state index in [2.05, 4.69) is 16.9 Å². The van der Waals surface area contributed by atoms with Gasteiger partial charge in [0, 0.05) is 29.7 Å². The van der Waals surface area contributed by atoms with E-state index in [1.54, 1.807) is 24.4 Å². The molecule has 0 radical (unpaired) electrons. The van der Waals surface area contributed by atoms with Crippen molar-refractivity contribution in [2.24, 2.45) is 4.99 Å². The molecule has 0 unspecified atom stereocenters. The van der Waals surface area contributed by atoms with E-state index in [9.17, 15) is 9.90 Å². The Labute approximate surface area is 138 Å². The number of carbonyl (C=O) groups excluding carboxylic acids is 1. The quantitative estimate of drug-likeness (QED) is 0.694. The average molecular weight is 330 g/mol. The molecule has 0 fully saturated rings. The maximum absolute atomic E-state index is 12.2. The molecule has 0 aliphatic carbocycles. The first-order valence-electron chi connectivity index (χ1n) is 7.33. The second-order valence-electron chi connectivity index (χ2n) is 5.48. The van der Waals surface area contributed by atoms with Gasteiger partial charge in [0.2, 0.25) is 0 Å². The Bertz CT molecular complexity index is 767. The van der Waals surface area contributed by atoms with Gasteiger partial charge in [-0.25, -0.2) is 9.79 Å². The van der Waals surface area contributed by atoms with Gasteiger partial charge in [0.25, 0.3) is 0 Å². The molecule has 0 saturated carbocycles. The van der Waals surface area contributed by atoms with Crippen molar-refractivity contribution < 1.29 is 14.6 Å². The predicted molar refractivity (Wildman–Crippen MR) is 91.1 cm³/mol. The lowest BCUT2D eigenvalue weighted by molar-refractivity contribution is 0.0600. The zero-order valence-electron chi connectivity index (χ0n) is 13.1. The van der Waals surface area contributed by atoms with E-state index in [-0.39, 0.29) is 11.7 Å². The normalized spacial score (nSPS) is 14.9. The highest BCUT2D eigenvalue weighted by molar-refractivity contribution is 7.16. The van der Waals surface area contributed by atoms with Gasteiger partial charge in [-0.15, -0.1) is 11.3 Å². The van der Waals surface area contributed by atoms with Gasteiger partial charge in [-0.2, -0.15) is 0 Å². The van der Waals surface area contributed by atoms with Crippen LogP contribution in [0, 0.1) is 0 Å². The number of likely N-dealkylation sites (N-methyl/N-ethyl adjacent to an activating group) is 1. The lowest BCUT2D eigenvalue weighted by Crippen LogP contribution is -2.26. The standard InChI is InChI=1S/C17H18N2O3S/c1-19-8-7-12-14(10-19)23-16(15(12)17(21)22-2)18-9-11-5-3-4-6-13(11)20/h3-6,9,20H,7-8,10H2,1-2H3/b18-9+. The zero-order valence-corrected chi connectivity index (χ0v) is 13.9. The fourth-order valence-electron chi connectivity index (χ4n) is 2.65. The molecule has 2 heterocycles. The molecule has 1 aliphatic heterocycles. The molecule has 0 atom stereocenters. The number of para-hydroxylation sites is 1. The highest BCUT2D eigenvalue weighted by Gasteiger charge is 2.27. The summed E-state index contributed by atoms with van der Waals surface area (Å²) in [4.78, 5) is 20.0. The van der Waals surface area contributed by atoms with Crippen LogP contribution in [0.25, 0.3) is 0 Å². The van der Waals surface area contributed by atoms with Crippen molar-refractivity contribution in [2.45, 2.75) is 13.0 Å². The van der Waals surface area contributed by atoms with Gasteiger partial charge in [-0.1, -0.05) is 12.1 Å². The summed E-state index contributed by atoms with van der Waals surface area (Å²) in [6, 6.07) is 6.97. The van der Waals surface area contributed by atoms with Crippen molar-refractivity contribution in [1.29, 1.82) is 0 Å². The molecule has 5 nitrogen and oxygen atoms in total. The van der Waals surface area contributed by atoms with Gasteiger partial charge in [0.1, 0.15) is 10.8 Å². The Morgan fingerprint density at radius 2 is 2.22 bits per heavy atom. The summed E-state index contributed by atoms with van der Waals surface area (Å²) in [7, 11) is 3.45. The highest BCUT2D eigenvalue weighted by Crippen LogP contribution is 2.39. The van der Waals surface area contributed by atoms with Gasteiger partial charge < -0.3 is 14.7 Å². The summed E-state index contributed by atoms with van der Waals surface area (Å²) < 4.78 is 4.93. The minimum absolute atomic E-state index is 0.164. The molecule has 1 aliphatic rings. The summed E-state index contributed by atoms with van der Waals surface area (Å²) in [5, 5.41) is 10.5. The van der Waals surface area contributed by atoms with E-state index < -0.39 is 0 Å². The Morgan fingerprint density at radius 1 is 1.43 bits per heavy atom. The van der Waals surface area contributed by atoms with Crippen LogP contribution >= 0.6 is 11.3 Å². The number of nitrogens with zero attached hydrogens (tertiary/aromatic N) is 2. The van der Waals surface area contributed by atoms with Gasteiger partial charge >= 0.3 is 5.97 Å². The van der Waals surface area contributed by atoms with Crippen LogP contribution in [-0.4, -0.2) is 42.9 Å². The maximum atomic E-state index is 12.2. The molecule has 23 heavy (non-hydrogen) atoms.